The molecule has 1 amide bonds. The predicted molar refractivity (Wildman–Crippen MR) is 116 cm³/mol. The third kappa shape index (κ3) is 5.48. The van der Waals surface area contributed by atoms with Gasteiger partial charge < -0.3 is 15.8 Å². The first-order valence-electron chi connectivity index (χ1n) is 9.31. The number of hydrogen-bond acceptors (Lipinski definition) is 7. The Bertz CT molecular complexity index is 965. The number of nitrogens with one attached hydrogen (secondary N) is 1. The van der Waals surface area contributed by atoms with Crippen LogP contribution in [-0.4, -0.2) is 33.4 Å². The van der Waals surface area contributed by atoms with Crippen molar-refractivity contribution in [2.45, 2.75) is 32.2 Å². The Balaban J connectivity index is 1.67. The molecule has 3 N–H and O–H groups in total. The lowest BCUT2D eigenvalue weighted by molar-refractivity contribution is 0.102. The molecular weight excluding hydrogens is 386 g/mol. The van der Waals surface area contributed by atoms with Crippen LogP contribution in [0.1, 0.15) is 42.7 Å². The van der Waals surface area contributed by atoms with Gasteiger partial charge in [0.05, 0.1) is 17.9 Å². The zero-order valence-corrected chi connectivity index (χ0v) is 17.3. The number of nitrogens with zero attached hydrogens (tertiary/aromatic N) is 3. The van der Waals surface area contributed by atoms with E-state index < -0.39 is 5.54 Å². The molecule has 1 aromatic carbocycles. The van der Waals surface area contributed by atoms with E-state index in [1.54, 1.807) is 11.8 Å². The standard InChI is InChI=1S/C21H23N5O2S/c1-3-4-5-10-28-18-14-23-17(13-24-18)19(27)25-16-8-6-7-15(12-16)21(2)9-11-29-20(22)26-21/h6-8,12-14H,3,9-11H2,1-2H3,(H2,22,26)(H,25,27)/t21-/m0/s1. The number of amides is 1. The van der Waals surface area contributed by atoms with E-state index in [0.717, 1.165) is 24.2 Å². The fraction of sp³-hybridized carbons (Fsp3) is 0.333. The Kier molecular flexibility index (Phi) is 6.73. The van der Waals surface area contributed by atoms with Gasteiger partial charge in [0.1, 0.15) is 5.69 Å². The van der Waals surface area contributed by atoms with E-state index in [2.05, 4.69) is 39.0 Å². The van der Waals surface area contributed by atoms with Gasteiger partial charge >= 0.3 is 0 Å². The highest BCUT2D eigenvalue weighted by Crippen LogP contribution is 2.35. The Labute approximate surface area is 174 Å². The Morgan fingerprint density at radius 2 is 2.21 bits per heavy atom. The molecule has 0 unspecified atom stereocenters. The average molecular weight is 410 g/mol. The number of benzene rings is 1. The van der Waals surface area contributed by atoms with E-state index in [0.29, 0.717) is 16.7 Å². The van der Waals surface area contributed by atoms with Crippen LogP contribution in [0.2, 0.25) is 0 Å². The molecule has 1 aromatic heterocycles. The zero-order valence-electron chi connectivity index (χ0n) is 16.4. The summed E-state index contributed by atoms with van der Waals surface area (Å²) in [6, 6.07) is 7.63. The normalized spacial score (nSPS) is 18.2. The van der Waals surface area contributed by atoms with Crippen LogP contribution in [0.5, 0.6) is 5.88 Å². The summed E-state index contributed by atoms with van der Waals surface area (Å²) in [6.07, 6.45) is 4.45. The van der Waals surface area contributed by atoms with Crippen molar-refractivity contribution in [3.63, 3.8) is 0 Å². The lowest BCUT2D eigenvalue weighted by Crippen LogP contribution is -2.28. The van der Waals surface area contributed by atoms with Crippen molar-refractivity contribution in [2.24, 2.45) is 10.7 Å². The maximum absolute atomic E-state index is 12.5. The Morgan fingerprint density at radius 3 is 2.93 bits per heavy atom. The van der Waals surface area contributed by atoms with Gasteiger partial charge in [-0.15, -0.1) is 5.92 Å². The van der Waals surface area contributed by atoms with Crippen molar-refractivity contribution in [1.82, 2.24) is 9.97 Å². The number of aliphatic imine (C=N–C) groups is 1. The second-order valence-corrected chi connectivity index (χ2v) is 7.71. The van der Waals surface area contributed by atoms with Gasteiger partial charge in [0.25, 0.3) is 5.91 Å². The lowest BCUT2D eigenvalue weighted by atomic mass is 9.89. The number of amidine groups is 1. The minimum absolute atomic E-state index is 0.199. The van der Waals surface area contributed by atoms with Crippen molar-refractivity contribution < 1.29 is 9.53 Å². The summed E-state index contributed by atoms with van der Waals surface area (Å²) in [5.41, 5.74) is 7.38. The maximum Gasteiger partial charge on any atom is 0.275 e. The highest BCUT2D eigenvalue weighted by molar-refractivity contribution is 8.13. The van der Waals surface area contributed by atoms with Crippen molar-refractivity contribution in [3.05, 3.63) is 47.9 Å². The van der Waals surface area contributed by atoms with Crippen LogP contribution in [0.25, 0.3) is 0 Å². The Hall–Kier alpha value is -3.05. The number of aromatic nitrogens is 2. The smallest absolute Gasteiger partial charge is 0.275 e. The molecule has 0 fully saturated rings. The molecule has 0 spiro atoms. The summed E-state index contributed by atoms with van der Waals surface area (Å²) in [5, 5.41) is 3.45. The van der Waals surface area contributed by atoms with Crippen LogP contribution in [0.3, 0.4) is 0 Å². The maximum atomic E-state index is 12.5. The first kappa shape index (κ1) is 20.7. The van der Waals surface area contributed by atoms with Crippen LogP contribution in [0, 0.1) is 11.8 Å². The summed E-state index contributed by atoms with van der Waals surface area (Å²) >= 11 is 1.56. The molecule has 0 bridgehead atoms. The van der Waals surface area contributed by atoms with Gasteiger partial charge in [-0.3, -0.25) is 9.79 Å². The first-order valence-corrected chi connectivity index (χ1v) is 10.3. The van der Waals surface area contributed by atoms with Gasteiger partial charge in [0, 0.05) is 17.9 Å². The quantitative estimate of drug-likeness (QED) is 0.735. The SMILES string of the molecule is CCC#CCOc1cnc(C(=O)Nc2cccc([C@]3(C)CCSC(N)=N3)c2)cn1. The molecule has 8 heteroatoms. The molecular formula is C21H23N5O2S. The van der Waals surface area contributed by atoms with Crippen molar-refractivity contribution in [2.75, 3.05) is 17.7 Å². The minimum Gasteiger partial charge on any atom is -0.463 e. The largest absolute Gasteiger partial charge is 0.463 e. The van der Waals surface area contributed by atoms with E-state index in [1.165, 1.54) is 12.4 Å². The number of ether oxygens (including phenoxy) is 1. The predicted octanol–water partition coefficient (Wildman–Crippen LogP) is 3.19. The summed E-state index contributed by atoms with van der Waals surface area (Å²) in [4.78, 5) is 25.3. The molecule has 7 nitrogen and oxygen atoms in total. The van der Waals surface area contributed by atoms with E-state index >= 15 is 0 Å². The number of carbonyl (C=O) groups is 1. The van der Waals surface area contributed by atoms with Crippen molar-refractivity contribution in [1.29, 1.82) is 0 Å². The summed E-state index contributed by atoms with van der Waals surface area (Å²) in [6.45, 7) is 4.26. The van der Waals surface area contributed by atoms with Crippen LogP contribution in [-0.2, 0) is 5.54 Å². The molecule has 1 aliphatic rings. The molecule has 3 rings (SSSR count). The highest BCUT2D eigenvalue weighted by Gasteiger charge is 2.29. The van der Waals surface area contributed by atoms with Gasteiger partial charge in [-0.25, -0.2) is 9.97 Å². The second kappa shape index (κ2) is 9.43. The third-order valence-corrected chi connectivity index (χ3v) is 5.19. The van der Waals surface area contributed by atoms with Gasteiger partial charge in [-0.05, 0) is 31.0 Å². The van der Waals surface area contributed by atoms with Gasteiger partial charge in [0.15, 0.2) is 11.8 Å². The molecule has 1 aliphatic heterocycles. The summed E-state index contributed by atoms with van der Waals surface area (Å²) < 4.78 is 5.36. The number of rotatable bonds is 5. The van der Waals surface area contributed by atoms with Crippen LogP contribution >= 0.6 is 11.8 Å². The molecule has 2 heterocycles. The van der Waals surface area contributed by atoms with Gasteiger partial charge in [-0.1, -0.05) is 36.7 Å². The third-order valence-electron chi connectivity index (χ3n) is 4.39. The van der Waals surface area contributed by atoms with Crippen LogP contribution < -0.4 is 15.8 Å². The van der Waals surface area contributed by atoms with E-state index in [9.17, 15) is 4.79 Å². The molecule has 0 radical (unpaired) electrons. The number of carbonyl (C=O) groups excluding carboxylic acids is 1. The lowest BCUT2D eigenvalue weighted by Gasteiger charge is -2.30. The first-order chi connectivity index (χ1) is 14.0. The molecule has 29 heavy (non-hydrogen) atoms. The molecule has 0 saturated heterocycles. The van der Waals surface area contributed by atoms with Gasteiger partial charge in [0.2, 0.25) is 5.88 Å². The molecule has 1 atom stereocenters. The molecule has 0 aliphatic carbocycles. The van der Waals surface area contributed by atoms with Crippen molar-refractivity contribution in [3.8, 4) is 17.7 Å². The van der Waals surface area contributed by atoms with Crippen LogP contribution in [0.4, 0.5) is 5.69 Å². The average Bonchev–Trinajstić information content (AvgIpc) is 2.72. The number of nitrogens with two attached hydrogens (primary N) is 1. The van der Waals surface area contributed by atoms with Gasteiger partial charge in [-0.2, -0.15) is 0 Å². The fourth-order valence-corrected chi connectivity index (χ4v) is 3.79. The van der Waals surface area contributed by atoms with E-state index in [-0.39, 0.29) is 18.2 Å². The summed E-state index contributed by atoms with van der Waals surface area (Å²) in [5.74, 6) is 6.65. The molecule has 2 aromatic rings. The Morgan fingerprint density at radius 1 is 1.34 bits per heavy atom. The minimum atomic E-state index is -0.393. The van der Waals surface area contributed by atoms with Crippen LogP contribution in [0.15, 0.2) is 41.7 Å². The number of thioether (sulfide) groups is 1. The van der Waals surface area contributed by atoms with E-state index in [4.69, 9.17) is 10.5 Å². The molecule has 0 saturated carbocycles. The fourth-order valence-electron chi connectivity index (χ4n) is 2.82. The number of anilines is 1. The monoisotopic (exact) mass is 409 g/mol. The number of hydrogen-bond donors (Lipinski definition) is 2. The zero-order chi connectivity index (χ0) is 20.7. The van der Waals surface area contributed by atoms with E-state index in [1.807, 2.05) is 31.2 Å². The van der Waals surface area contributed by atoms with Crippen molar-refractivity contribution >= 4 is 28.5 Å². The highest BCUT2D eigenvalue weighted by atomic mass is 32.2. The second-order valence-electron chi connectivity index (χ2n) is 6.59. The molecule has 150 valence electrons. The topological polar surface area (TPSA) is 102 Å². The summed E-state index contributed by atoms with van der Waals surface area (Å²) in [7, 11) is 0.